The number of rotatable bonds is 3. The predicted molar refractivity (Wildman–Crippen MR) is 82.7 cm³/mol. The van der Waals surface area contributed by atoms with Crippen LogP contribution in [-0.2, 0) is 4.79 Å². The van der Waals surface area contributed by atoms with Gasteiger partial charge in [0.25, 0.3) is 0 Å². The number of nitrogens with zero attached hydrogens (tertiary/aromatic N) is 1. The van der Waals surface area contributed by atoms with Gasteiger partial charge in [-0.1, -0.05) is 30.3 Å². The molecule has 1 aliphatic heterocycles. The molecular formula is C17H26N2O. The van der Waals surface area contributed by atoms with Crippen LogP contribution in [0.2, 0.25) is 0 Å². The minimum Gasteiger partial charge on any atom is -0.350 e. The highest BCUT2D eigenvalue weighted by atomic mass is 16.2. The van der Waals surface area contributed by atoms with Crippen LogP contribution in [0, 0.1) is 0 Å². The van der Waals surface area contributed by atoms with Crippen LogP contribution < -0.4 is 5.32 Å². The first-order valence-corrected chi connectivity index (χ1v) is 7.48. The molecule has 0 saturated carbocycles. The average Bonchev–Trinajstić information content (AvgIpc) is 2.86. The van der Waals surface area contributed by atoms with Gasteiger partial charge in [0, 0.05) is 12.1 Å². The third-order valence-corrected chi connectivity index (χ3v) is 3.92. The summed E-state index contributed by atoms with van der Waals surface area (Å²) in [6.07, 6.45) is 1.14. The highest BCUT2D eigenvalue weighted by Crippen LogP contribution is 2.28. The summed E-state index contributed by atoms with van der Waals surface area (Å²) in [6.45, 7) is 10.0. The maximum absolute atomic E-state index is 12.2. The number of nitrogens with one attached hydrogen (secondary N) is 1. The lowest BCUT2D eigenvalue weighted by molar-refractivity contribution is -0.127. The van der Waals surface area contributed by atoms with Crippen molar-refractivity contribution in [1.29, 1.82) is 0 Å². The summed E-state index contributed by atoms with van der Waals surface area (Å²) in [6, 6.07) is 10.6. The fourth-order valence-electron chi connectivity index (χ4n) is 2.78. The molecule has 110 valence electrons. The third kappa shape index (κ3) is 3.83. The highest BCUT2D eigenvalue weighted by Gasteiger charge is 2.31. The summed E-state index contributed by atoms with van der Waals surface area (Å²) in [5.41, 5.74) is 1.22. The van der Waals surface area contributed by atoms with Gasteiger partial charge in [0.1, 0.15) is 0 Å². The van der Waals surface area contributed by atoms with Crippen molar-refractivity contribution in [2.45, 2.75) is 51.6 Å². The van der Waals surface area contributed by atoms with Gasteiger partial charge in [-0.3, -0.25) is 9.69 Å². The second-order valence-electron chi connectivity index (χ2n) is 6.81. The molecule has 1 aliphatic rings. The van der Waals surface area contributed by atoms with E-state index in [1.54, 1.807) is 0 Å². The van der Waals surface area contributed by atoms with Crippen molar-refractivity contribution in [3.63, 3.8) is 0 Å². The Morgan fingerprint density at radius 1 is 1.30 bits per heavy atom. The molecule has 0 spiro atoms. The van der Waals surface area contributed by atoms with Crippen LogP contribution in [0.3, 0.4) is 0 Å². The van der Waals surface area contributed by atoms with Gasteiger partial charge in [-0.2, -0.15) is 0 Å². The Kier molecular flexibility index (Phi) is 4.48. The van der Waals surface area contributed by atoms with Crippen molar-refractivity contribution >= 4 is 5.91 Å². The van der Waals surface area contributed by atoms with Crippen molar-refractivity contribution in [3.8, 4) is 0 Å². The Labute approximate surface area is 122 Å². The SMILES string of the molecule is CC(C(=O)NC(C)(C)C)N1CCC(c2ccccc2)C1. The summed E-state index contributed by atoms with van der Waals surface area (Å²) in [5, 5.41) is 3.07. The molecule has 1 fully saturated rings. The molecule has 2 atom stereocenters. The molecule has 1 saturated heterocycles. The summed E-state index contributed by atoms with van der Waals surface area (Å²) in [4.78, 5) is 14.5. The molecule has 1 heterocycles. The lowest BCUT2D eigenvalue weighted by atomic mass is 9.99. The van der Waals surface area contributed by atoms with Crippen molar-refractivity contribution in [1.82, 2.24) is 10.2 Å². The van der Waals surface area contributed by atoms with Gasteiger partial charge in [0.15, 0.2) is 0 Å². The van der Waals surface area contributed by atoms with E-state index >= 15 is 0 Å². The second kappa shape index (κ2) is 5.96. The van der Waals surface area contributed by atoms with Crippen LogP contribution in [-0.4, -0.2) is 35.5 Å². The summed E-state index contributed by atoms with van der Waals surface area (Å²) < 4.78 is 0. The van der Waals surface area contributed by atoms with Crippen molar-refractivity contribution in [2.24, 2.45) is 0 Å². The quantitative estimate of drug-likeness (QED) is 0.919. The van der Waals surface area contributed by atoms with E-state index in [2.05, 4.69) is 40.5 Å². The molecule has 3 nitrogen and oxygen atoms in total. The zero-order chi connectivity index (χ0) is 14.8. The minimum atomic E-state index is -0.163. The zero-order valence-corrected chi connectivity index (χ0v) is 13.0. The molecule has 1 aromatic carbocycles. The third-order valence-electron chi connectivity index (χ3n) is 3.92. The van der Waals surface area contributed by atoms with Crippen LogP contribution in [0.25, 0.3) is 0 Å². The molecule has 2 unspecified atom stereocenters. The number of hydrogen-bond donors (Lipinski definition) is 1. The Bertz CT molecular complexity index is 450. The number of benzene rings is 1. The van der Waals surface area contributed by atoms with E-state index in [1.807, 2.05) is 27.7 Å². The minimum absolute atomic E-state index is 0.0528. The number of likely N-dealkylation sites (tertiary alicyclic amines) is 1. The summed E-state index contributed by atoms with van der Waals surface area (Å²) >= 11 is 0. The normalized spacial score (nSPS) is 21.7. The highest BCUT2D eigenvalue weighted by molar-refractivity contribution is 5.82. The lowest BCUT2D eigenvalue weighted by Crippen LogP contribution is -2.50. The molecule has 1 N–H and O–H groups in total. The molecule has 1 amide bonds. The zero-order valence-electron chi connectivity index (χ0n) is 13.0. The van der Waals surface area contributed by atoms with Gasteiger partial charge < -0.3 is 5.32 Å². The Balaban J connectivity index is 1.94. The average molecular weight is 274 g/mol. The molecule has 0 aromatic heterocycles. The monoisotopic (exact) mass is 274 g/mol. The lowest BCUT2D eigenvalue weighted by Gasteiger charge is -2.28. The van der Waals surface area contributed by atoms with E-state index in [0.29, 0.717) is 5.92 Å². The Hall–Kier alpha value is -1.35. The van der Waals surface area contributed by atoms with Gasteiger partial charge in [-0.15, -0.1) is 0 Å². The van der Waals surface area contributed by atoms with Gasteiger partial charge in [0.05, 0.1) is 6.04 Å². The van der Waals surface area contributed by atoms with Crippen LogP contribution in [0.1, 0.15) is 45.6 Å². The number of carbonyl (C=O) groups is 1. The smallest absolute Gasteiger partial charge is 0.237 e. The fourth-order valence-corrected chi connectivity index (χ4v) is 2.78. The van der Waals surface area contributed by atoms with E-state index in [1.165, 1.54) is 5.56 Å². The maximum atomic E-state index is 12.2. The number of hydrogen-bond acceptors (Lipinski definition) is 2. The van der Waals surface area contributed by atoms with Crippen LogP contribution in [0.5, 0.6) is 0 Å². The standard InChI is InChI=1S/C17H26N2O/c1-13(16(20)18-17(2,3)4)19-11-10-15(12-19)14-8-6-5-7-9-14/h5-9,13,15H,10-12H2,1-4H3,(H,18,20). The van der Waals surface area contributed by atoms with Crippen LogP contribution >= 0.6 is 0 Å². The molecule has 3 heteroatoms. The number of carbonyl (C=O) groups excluding carboxylic acids is 1. The largest absolute Gasteiger partial charge is 0.350 e. The molecule has 0 aliphatic carbocycles. The number of amides is 1. The Morgan fingerprint density at radius 3 is 2.55 bits per heavy atom. The topological polar surface area (TPSA) is 32.3 Å². The molecule has 0 radical (unpaired) electrons. The molecule has 2 rings (SSSR count). The predicted octanol–water partition coefficient (Wildman–Crippen LogP) is 2.78. The molecular weight excluding hydrogens is 248 g/mol. The van der Waals surface area contributed by atoms with E-state index in [-0.39, 0.29) is 17.5 Å². The van der Waals surface area contributed by atoms with Crippen molar-refractivity contribution in [2.75, 3.05) is 13.1 Å². The van der Waals surface area contributed by atoms with Crippen LogP contribution in [0.4, 0.5) is 0 Å². The summed E-state index contributed by atoms with van der Waals surface area (Å²) in [7, 11) is 0. The first kappa shape index (κ1) is 15.0. The van der Waals surface area contributed by atoms with Gasteiger partial charge >= 0.3 is 0 Å². The second-order valence-corrected chi connectivity index (χ2v) is 6.81. The van der Waals surface area contributed by atoms with Gasteiger partial charge in [0.2, 0.25) is 5.91 Å². The van der Waals surface area contributed by atoms with E-state index in [9.17, 15) is 4.79 Å². The van der Waals surface area contributed by atoms with E-state index in [4.69, 9.17) is 0 Å². The first-order valence-electron chi connectivity index (χ1n) is 7.48. The Morgan fingerprint density at radius 2 is 1.95 bits per heavy atom. The summed E-state index contributed by atoms with van der Waals surface area (Å²) in [5.74, 6) is 0.687. The molecule has 1 aromatic rings. The molecule has 20 heavy (non-hydrogen) atoms. The molecule has 0 bridgehead atoms. The van der Waals surface area contributed by atoms with E-state index < -0.39 is 0 Å². The van der Waals surface area contributed by atoms with Crippen molar-refractivity contribution in [3.05, 3.63) is 35.9 Å². The van der Waals surface area contributed by atoms with Gasteiger partial charge in [-0.25, -0.2) is 0 Å². The maximum Gasteiger partial charge on any atom is 0.237 e. The van der Waals surface area contributed by atoms with Crippen molar-refractivity contribution < 1.29 is 4.79 Å². The fraction of sp³-hybridized carbons (Fsp3) is 0.588. The first-order chi connectivity index (χ1) is 9.37. The van der Waals surface area contributed by atoms with Crippen LogP contribution in [0.15, 0.2) is 30.3 Å². The van der Waals surface area contributed by atoms with Gasteiger partial charge in [-0.05, 0) is 52.1 Å². The van der Waals surface area contributed by atoms with E-state index in [0.717, 1.165) is 19.5 Å².